The number of methoxy groups -OCH3 is 2. The van der Waals surface area contributed by atoms with Gasteiger partial charge in [-0.15, -0.1) is 0 Å². The number of hydrogen-bond acceptors (Lipinski definition) is 6. The molecule has 1 aliphatic heterocycles. The Hall–Kier alpha value is -2.97. The van der Waals surface area contributed by atoms with Crippen LogP contribution in [0.3, 0.4) is 0 Å². The maximum Gasteiger partial charge on any atom is 0.283 e. The number of nitrogens with one attached hydrogen (secondary N) is 1. The van der Waals surface area contributed by atoms with Crippen molar-refractivity contribution >= 4 is 52.1 Å². The number of carbonyl (C=O) groups excluding carboxylic acids is 2. The molecule has 1 N–H and O–H groups in total. The van der Waals surface area contributed by atoms with Crippen molar-refractivity contribution in [3.8, 4) is 11.5 Å². The fraction of sp³-hybridized carbons (Fsp3) is 0.370. The zero-order valence-electron chi connectivity index (χ0n) is 20.6. The van der Waals surface area contributed by atoms with Crippen LogP contribution in [0, 0.1) is 0 Å². The van der Waals surface area contributed by atoms with E-state index >= 15 is 0 Å². The molecule has 2 aliphatic rings. The zero-order valence-corrected chi connectivity index (χ0v) is 22.2. The number of benzene rings is 2. The van der Waals surface area contributed by atoms with Crippen LogP contribution in [-0.2, 0) is 9.59 Å². The first-order valence-corrected chi connectivity index (χ1v) is 13.3. The molecule has 1 fully saturated rings. The van der Waals surface area contributed by atoms with Crippen LogP contribution in [0.2, 0.25) is 5.02 Å². The van der Waals surface area contributed by atoms with Crippen molar-refractivity contribution in [3.05, 3.63) is 58.7 Å². The molecule has 2 aromatic rings. The van der Waals surface area contributed by atoms with E-state index in [1.54, 1.807) is 31.4 Å². The molecule has 0 aromatic heterocycles. The number of halogens is 1. The first-order chi connectivity index (χ1) is 17.4. The third-order valence-electron chi connectivity index (χ3n) is 6.25. The lowest BCUT2D eigenvalue weighted by Crippen LogP contribution is -2.40. The molecule has 7 nitrogen and oxygen atoms in total. The third kappa shape index (κ3) is 5.87. The van der Waals surface area contributed by atoms with Crippen LogP contribution in [0.4, 0.5) is 5.69 Å². The van der Waals surface area contributed by atoms with Gasteiger partial charge in [-0.25, -0.2) is 4.99 Å². The maximum absolute atomic E-state index is 13.6. The largest absolute Gasteiger partial charge is 0.497 e. The van der Waals surface area contributed by atoms with E-state index in [4.69, 9.17) is 21.1 Å². The molecule has 36 heavy (non-hydrogen) atoms. The number of anilines is 1. The van der Waals surface area contributed by atoms with E-state index in [0.717, 1.165) is 37.0 Å². The Balaban J connectivity index is 1.65. The Morgan fingerprint density at radius 2 is 1.92 bits per heavy atom. The van der Waals surface area contributed by atoms with Crippen molar-refractivity contribution in [2.75, 3.05) is 19.1 Å². The molecule has 190 valence electrons. The highest BCUT2D eigenvalue weighted by Gasteiger charge is 2.35. The average molecular weight is 528 g/mol. The average Bonchev–Trinajstić information content (AvgIpc) is 3.50. The lowest BCUT2D eigenvalue weighted by atomic mass is 10.2. The standard InChI is InChI=1S/C27H30ClN3O4S/c1-4-24(25(32)29-18-7-5-6-8-18)36-27-30-22(15-17-9-12-20(34-2)13-10-17)26(33)31(27)19-11-14-23(35-3)21(28)16-19/h9-16,18,24H,4-8H2,1-3H3,(H,29,32)/b22-15+/t24-/m1/s1. The summed E-state index contributed by atoms with van der Waals surface area (Å²) in [6, 6.07) is 12.7. The van der Waals surface area contributed by atoms with Gasteiger partial charge >= 0.3 is 0 Å². The van der Waals surface area contributed by atoms with Crippen molar-refractivity contribution in [2.45, 2.75) is 50.3 Å². The first-order valence-electron chi connectivity index (χ1n) is 12.0. The molecule has 4 rings (SSSR count). The predicted octanol–water partition coefficient (Wildman–Crippen LogP) is 5.67. The van der Waals surface area contributed by atoms with Crippen molar-refractivity contribution in [3.63, 3.8) is 0 Å². The molecule has 9 heteroatoms. The lowest BCUT2D eigenvalue weighted by molar-refractivity contribution is -0.121. The third-order valence-corrected chi connectivity index (χ3v) is 7.87. The minimum absolute atomic E-state index is 0.0233. The summed E-state index contributed by atoms with van der Waals surface area (Å²) >= 11 is 7.67. The van der Waals surface area contributed by atoms with Crippen molar-refractivity contribution < 1.29 is 19.1 Å². The van der Waals surface area contributed by atoms with Gasteiger partial charge in [-0.1, -0.05) is 55.3 Å². The number of nitrogens with zero attached hydrogens (tertiary/aromatic N) is 2. The van der Waals surface area contributed by atoms with Crippen molar-refractivity contribution in [1.29, 1.82) is 0 Å². The van der Waals surface area contributed by atoms with Crippen molar-refractivity contribution in [2.24, 2.45) is 4.99 Å². The summed E-state index contributed by atoms with van der Waals surface area (Å²) in [5, 5.41) is 3.61. The molecule has 2 amide bonds. The number of ether oxygens (including phenoxy) is 2. The highest BCUT2D eigenvalue weighted by Crippen LogP contribution is 2.36. The van der Waals surface area contributed by atoms with Gasteiger partial charge in [-0.3, -0.25) is 14.5 Å². The van der Waals surface area contributed by atoms with Crippen LogP contribution in [0.25, 0.3) is 6.08 Å². The fourth-order valence-electron chi connectivity index (χ4n) is 4.27. The van der Waals surface area contributed by atoms with Gasteiger partial charge in [-0.2, -0.15) is 0 Å². The number of thioether (sulfide) groups is 1. The van der Waals surface area contributed by atoms with E-state index in [9.17, 15) is 9.59 Å². The monoisotopic (exact) mass is 527 g/mol. The second kappa shape index (κ2) is 11.8. The van der Waals surface area contributed by atoms with Crippen LogP contribution < -0.4 is 19.7 Å². The highest BCUT2D eigenvalue weighted by molar-refractivity contribution is 8.15. The summed E-state index contributed by atoms with van der Waals surface area (Å²) in [7, 11) is 3.14. The van der Waals surface area contributed by atoms with E-state index < -0.39 is 0 Å². The Kier molecular flexibility index (Phi) is 8.59. The maximum atomic E-state index is 13.6. The highest BCUT2D eigenvalue weighted by atomic mass is 35.5. The predicted molar refractivity (Wildman–Crippen MR) is 146 cm³/mol. The van der Waals surface area contributed by atoms with Gasteiger partial charge in [0.2, 0.25) is 5.91 Å². The molecule has 1 saturated carbocycles. The number of aliphatic imine (C=N–C) groups is 1. The topological polar surface area (TPSA) is 80.2 Å². The van der Waals surface area contributed by atoms with E-state index in [1.165, 1.54) is 23.8 Å². The zero-order chi connectivity index (χ0) is 25.7. The Morgan fingerprint density at radius 3 is 2.53 bits per heavy atom. The molecule has 1 heterocycles. The number of amides is 2. The van der Waals surface area contributed by atoms with Crippen molar-refractivity contribution in [1.82, 2.24) is 5.32 Å². The smallest absolute Gasteiger partial charge is 0.283 e. The molecule has 0 radical (unpaired) electrons. The van der Waals surface area contributed by atoms with Gasteiger partial charge in [-0.05, 0) is 61.2 Å². The van der Waals surface area contributed by atoms with Crippen LogP contribution in [0.5, 0.6) is 11.5 Å². The van der Waals surface area contributed by atoms with Crippen LogP contribution in [-0.4, -0.2) is 42.5 Å². The normalized spacial score (nSPS) is 17.9. The first kappa shape index (κ1) is 26.1. The summed E-state index contributed by atoms with van der Waals surface area (Å²) in [6.45, 7) is 1.96. The fourth-order valence-corrected chi connectivity index (χ4v) is 5.56. The summed E-state index contributed by atoms with van der Waals surface area (Å²) in [5.74, 6) is 0.920. The molecular weight excluding hydrogens is 498 g/mol. The Labute approximate surface area is 220 Å². The molecule has 0 saturated heterocycles. The molecule has 0 unspecified atom stereocenters. The summed E-state index contributed by atoms with van der Waals surface area (Å²) in [4.78, 5) is 32.8. The second-order valence-electron chi connectivity index (χ2n) is 8.66. The number of rotatable bonds is 8. The number of carbonyl (C=O) groups is 2. The van der Waals surface area contributed by atoms with Gasteiger partial charge in [0.1, 0.15) is 17.2 Å². The van der Waals surface area contributed by atoms with E-state index in [1.807, 2.05) is 31.2 Å². The quantitative estimate of drug-likeness (QED) is 0.447. The summed E-state index contributed by atoms with van der Waals surface area (Å²) in [6.07, 6.45) is 6.64. The number of amidine groups is 1. The van der Waals surface area contributed by atoms with Crippen LogP contribution >= 0.6 is 23.4 Å². The summed E-state index contributed by atoms with van der Waals surface area (Å²) in [5.41, 5.74) is 1.65. The molecule has 2 aromatic carbocycles. The van der Waals surface area contributed by atoms with Crippen LogP contribution in [0.1, 0.15) is 44.6 Å². The molecular formula is C27H30ClN3O4S. The second-order valence-corrected chi connectivity index (χ2v) is 10.2. The Morgan fingerprint density at radius 1 is 1.19 bits per heavy atom. The summed E-state index contributed by atoms with van der Waals surface area (Å²) < 4.78 is 10.5. The van der Waals surface area contributed by atoms with Gasteiger partial charge in [0.25, 0.3) is 5.91 Å². The van der Waals surface area contributed by atoms with E-state index in [2.05, 4.69) is 10.3 Å². The van der Waals surface area contributed by atoms with Gasteiger partial charge < -0.3 is 14.8 Å². The van der Waals surface area contributed by atoms with Gasteiger partial charge in [0.05, 0.1) is 30.2 Å². The minimum atomic E-state index is -0.381. The van der Waals surface area contributed by atoms with Crippen LogP contribution in [0.15, 0.2) is 53.2 Å². The van der Waals surface area contributed by atoms with E-state index in [0.29, 0.717) is 28.0 Å². The molecule has 0 bridgehead atoms. The molecule has 0 spiro atoms. The van der Waals surface area contributed by atoms with Gasteiger partial charge in [0.15, 0.2) is 5.17 Å². The van der Waals surface area contributed by atoms with E-state index in [-0.39, 0.29) is 28.8 Å². The lowest BCUT2D eigenvalue weighted by Gasteiger charge is -2.22. The minimum Gasteiger partial charge on any atom is -0.497 e. The SMILES string of the molecule is CC[C@@H](SC1=N/C(=C/c2ccc(OC)cc2)C(=O)N1c1ccc(OC)c(Cl)c1)C(=O)NC1CCCC1. The molecule has 1 atom stereocenters. The van der Waals surface area contributed by atoms with Gasteiger partial charge in [0, 0.05) is 6.04 Å². The molecule has 1 aliphatic carbocycles. The number of hydrogen-bond donors (Lipinski definition) is 1. The Bertz CT molecular complexity index is 1180.